The van der Waals surface area contributed by atoms with E-state index in [9.17, 15) is 14.3 Å². The highest BCUT2D eigenvalue weighted by Gasteiger charge is 2.30. The first-order chi connectivity index (χ1) is 9.21. The fraction of sp³-hybridized carbons (Fsp3) is 0.308. The monoisotopic (exact) mass is 297 g/mol. The summed E-state index contributed by atoms with van der Waals surface area (Å²) in [5.41, 5.74) is -0.319. The third kappa shape index (κ3) is 2.51. The third-order valence-electron chi connectivity index (χ3n) is 2.72. The van der Waals surface area contributed by atoms with Crippen LogP contribution in [0.25, 0.3) is 5.69 Å². The summed E-state index contributed by atoms with van der Waals surface area (Å²) in [5, 5.41) is 16.8. The maximum atomic E-state index is 14.0. The van der Waals surface area contributed by atoms with Crippen LogP contribution in [0.2, 0.25) is 5.02 Å². The molecule has 5 nitrogen and oxygen atoms in total. The van der Waals surface area contributed by atoms with Crippen molar-refractivity contribution >= 4 is 17.6 Å². The molecule has 20 heavy (non-hydrogen) atoms. The maximum absolute atomic E-state index is 14.0. The molecular weight excluding hydrogens is 285 g/mol. The number of aromatic nitrogens is 3. The smallest absolute Gasteiger partial charge is 0.358 e. The average molecular weight is 298 g/mol. The second-order valence-electron chi connectivity index (χ2n) is 5.35. The van der Waals surface area contributed by atoms with Crippen molar-refractivity contribution in [1.82, 2.24) is 15.0 Å². The summed E-state index contributed by atoms with van der Waals surface area (Å²) in [6, 6.07) is 4.09. The molecule has 0 aliphatic carbocycles. The Morgan fingerprint density at radius 3 is 2.55 bits per heavy atom. The lowest BCUT2D eigenvalue weighted by Crippen LogP contribution is -2.21. The van der Waals surface area contributed by atoms with Crippen LogP contribution in [-0.2, 0) is 5.41 Å². The Morgan fingerprint density at radius 1 is 1.40 bits per heavy atom. The normalized spacial score (nSPS) is 11.7. The number of halogens is 2. The van der Waals surface area contributed by atoms with Gasteiger partial charge in [-0.25, -0.2) is 13.9 Å². The lowest BCUT2D eigenvalue weighted by Gasteiger charge is -2.20. The molecule has 1 aromatic carbocycles. The summed E-state index contributed by atoms with van der Waals surface area (Å²) < 4.78 is 15.2. The molecule has 1 N–H and O–H groups in total. The first-order valence-electron chi connectivity index (χ1n) is 5.86. The van der Waals surface area contributed by atoms with Crippen LogP contribution >= 0.6 is 11.6 Å². The van der Waals surface area contributed by atoms with E-state index in [0.29, 0.717) is 5.69 Å². The summed E-state index contributed by atoms with van der Waals surface area (Å²) in [7, 11) is 0. The third-order valence-corrected chi connectivity index (χ3v) is 2.96. The van der Waals surface area contributed by atoms with Crippen LogP contribution < -0.4 is 0 Å². The largest absolute Gasteiger partial charge is 0.476 e. The first-order valence-corrected chi connectivity index (χ1v) is 6.24. The Hall–Kier alpha value is -1.95. The second-order valence-corrected chi connectivity index (χ2v) is 5.79. The van der Waals surface area contributed by atoms with Crippen LogP contribution in [0.4, 0.5) is 4.39 Å². The molecule has 0 aliphatic rings. The van der Waals surface area contributed by atoms with Crippen LogP contribution in [0.1, 0.15) is 37.0 Å². The molecular formula is C13H13ClFN3O2. The number of carbonyl (C=O) groups is 1. The number of carboxylic acid groups (broad SMARTS) is 1. The van der Waals surface area contributed by atoms with Crippen molar-refractivity contribution in [2.75, 3.05) is 0 Å². The molecule has 2 rings (SSSR count). The van der Waals surface area contributed by atoms with Crippen molar-refractivity contribution in [3.8, 4) is 5.69 Å². The number of nitrogens with zero attached hydrogens (tertiary/aromatic N) is 3. The number of aromatic carboxylic acids is 1. The highest BCUT2D eigenvalue weighted by molar-refractivity contribution is 6.30. The fourth-order valence-corrected chi connectivity index (χ4v) is 2.08. The van der Waals surface area contributed by atoms with E-state index < -0.39 is 17.2 Å². The molecule has 1 aromatic heterocycles. The van der Waals surface area contributed by atoms with Gasteiger partial charge < -0.3 is 5.11 Å². The van der Waals surface area contributed by atoms with Gasteiger partial charge in [-0.2, -0.15) is 0 Å². The standard InChI is InChI=1S/C13H13ClFN3O2/c1-13(2,3)11-10(12(19)20)16-17-18(11)9-5-4-7(14)6-8(9)15/h4-6H,1-3H3,(H,19,20). The fourth-order valence-electron chi connectivity index (χ4n) is 1.92. The van der Waals surface area contributed by atoms with Crippen LogP contribution in [-0.4, -0.2) is 26.1 Å². The molecule has 0 radical (unpaired) electrons. The summed E-state index contributed by atoms with van der Waals surface area (Å²) in [5.74, 6) is -1.79. The van der Waals surface area contributed by atoms with Crippen LogP contribution in [0, 0.1) is 5.82 Å². The predicted octanol–water partition coefficient (Wildman–Crippen LogP) is 3.06. The number of benzene rings is 1. The van der Waals surface area contributed by atoms with Gasteiger partial charge in [-0.15, -0.1) is 5.10 Å². The second kappa shape index (κ2) is 4.86. The SMILES string of the molecule is CC(C)(C)c1c(C(=O)O)nnn1-c1ccc(Cl)cc1F. The van der Waals surface area contributed by atoms with E-state index in [2.05, 4.69) is 10.3 Å². The van der Waals surface area contributed by atoms with Gasteiger partial charge in [-0.3, -0.25) is 0 Å². The van der Waals surface area contributed by atoms with Gasteiger partial charge in [0.2, 0.25) is 0 Å². The lowest BCUT2D eigenvalue weighted by molar-refractivity contribution is 0.0687. The first kappa shape index (κ1) is 14.5. The van der Waals surface area contributed by atoms with E-state index in [4.69, 9.17) is 11.6 Å². The predicted molar refractivity (Wildman–Crippen MR) is 72.0 cm³/mol. The summed E-state index contributed by atoms with van der Waals surface area (Å²) >= 11 is 5.71. The Balaban J connectivity index is 2.72. The van der Waals surface area contributed by atoms with Crippen molar-refractivity contribution in [2.24, 2.45) is 0 Å². The van der Waals surface area contributed by atoms with Crippen LogP contribution in [0.5, 0.6) is 0 Å². The van der Waals surface area contributed by atoms with Crippen molar-refractivity contribution in [3.63, 3.8) is 0 Å². The van der Waals surface area contributed by atoms with E-state index >= 15 is 0 Å². The summed E-state index contributed by atoms with van der Waals surface area (Å²) in [4.78, 5) is 11.2. The molecule has 0 fully saturated rings. The van der Waals surface area contributed by atoms with Gasteiger partial charge in [0.05, 0.1) is 5.69 Å². The summed E-state index contributed by atoms with van der Waals surface area (Å²) in [6.45, 7) is 5.42. The number of rotatable bonds is 2. The molecule has 106 valence electrons. The van der Waals surface area contributed by atoms with E-state index in [0.717, 1.165) is 6.07 Å². The molecule has 7 heteroatoms. The van der Waals surface area contributed by atoms with Gasteiger partial charge >= 0.3 is 5.97 Å². The highest BCUT2D eigenvalue weighted by atomic mass is 35.5. The minimum atomic E-state index is -1.20. The molecule has 0 saturated heterocycles. The zero-order valence-electron chi connectivity index (χ0n) is 11.2. The zero-order valence-corrected chi connectivity index (χ0v) is 11.9. The van der Waals surface area contributed by atoms with E-state index in [1.165, 1.54) is 16.8 Å². The van der Waals surface area contributed by atoms with Crippen LogP contribution in [0.15, 0.2) is 18.2 Å². The Kier molecular flexibility index (Phi) is 3.52. The Bertz CT molecular complexity index is 677. The molecule has 0 aliphatic heterocycles. The minimum absolute atomic E-state index is 0.110. The quantitative estimate of drug-likeness (QED) is 0.925. The Morgan fingerprint density at radius 2 is 2.05 bits per heavy atom. The molecule has 1 heterocycles. The number of carboxylic acids is 1. The molecule has 2 aromatic rings. The molecule has 0 bridgehead atoms. The van der Waals surface area contributed by atoms with Gasteiger partial charge in [-0.05, 0) is 18.2 Å². The molecule has 0 amide bonds. The molecule has 0 saturated carbocycles. The topological polar surface area (TPSA) is 68.0 Å². The van der Waals surface area contributed by atoms with Crippen molar-refractivity contribution in [1.29, 1.82) is 0 Å². The van der Waals surface area contributed by atoms with Gasteiger partial charge in [-0.1, -0.05) is 37.6 Å². The van der Waals surface area contributed by atoms with Crippen LogP contribution in [0.3, 0.4) is 0 Å². The van der Waals surface area contributed by atoms with Gasteiger partial charge in [0, 0.05) is 10.4 Å². The average Bonchev–Trinajstić information content (AvgIpc) is 2.73. The van der Waals surface area contributed by atoms with Gasteiger partial charge in [0.1, 0.15) is 11.5 Å². The van der Waals surface area contributed by atoms with Crippen molar-refractivity contribution in [3.05, 3.63) is 40.4 Å². The minimum Gasteiger partial charge on any atom is -0.476 e. The molecule has 0 unspecified atom stereocenters. The van der Waals surface area contributed by atoms with Gasteiger partial charge in [0.25, 0.3) is 0 Å². The zero-order chi connectivity index (χ0) is 15.1. The summed E-state index contributed by atoms with van der Waals surface area (Å²) in [6.07, 6.45) is 0. The van der Waals surface area contributed by atoms with E-state index in [-0.39, 0.29) is 16.4 Å². The number of hydrogen-bond acceptors (Lipinski definition) is 3. The molecule has 0 atom stereocenters. The highest BCUT2D eigenvalue weighted by Crippen LogP contribution is 2.28. The van der Waals surface area contributed by atoms with E-state index in [1.54, 1.807) is 0 Å². The van der Waals surface area contributed by atoms with Crippen molar-refractivity contribution < 1.29 is 14.3 Å². The van der Waals surface area contributed by atoms with E-state index in [1.807, 2.05) is 20.8 Å². The maximum Gasteiger partial charge on any atom is 0.358 e. The lowest BCUT2D eigenvalue weighted by atomic mass is 9.90. The van der Waals surface area contributed by atoms with Crippen molar-refractivity contribution in [2.45, 2.75) is 26.2 Å². The molecule has 0 spiro atoms. The Labute approximate surface area is 120 Å². The number of hydrogen-bond donors (Lipinski definition) is 1. The van der Waals surface area contributed by atoms with Gasteiger partial charge in [0.15, 0.2) is 5.69 Å².